The van der Waals surface area contributed by atoms with Crippen LogP contribution in [-0.2, 0) is 16.2 Å². The fraction of sp³-hybridized carbons (Fsp3) is 0.185. The minimum absolute atomic E-state index is 0.103. The van der Waals surface area contributed by atoms with Gasteiger partial charge in [-0.3, -0.25) is 4.79 Å². The number of benzene rings is 3. The van der Waals surface area contributed by atoms with Gasteiger partial charge in [0.15, 0.2) is 0 Å². The van der Waals surface area contributed by atoms with Gasteiger partial charge in [0.25, 0.3) is 0 Å². The standard InChI is InChI=1S/C27H29N5O3/c1-29-25(18-31-28)24(16-26(33)34)20-11-13-23(14-12-20)30-17-19-7-6-10-22(15-19)27(32-35-2)21-8-4-3-5-9-21/h3-15,18,24,28-30H,16-17H2,1-2H3,(H,33,34)/b25-18-,31-28?,32-27-. The van der Waals surface area contributed by atoms with Gasteiger partial charge in [-0.1, -0.05) is 65.8 Å². The van der Waals surface area contributed by atoms with Crippen LogP contribution in [-0.4, -0.2) is 30.9 Å². The summed E-state index contributed by atoms with van der Waals surface area (Å²) in [6, 6.07) is 25.6. The Morgan fingerprint density at radius 1 is 1.06 bits per heavy atom. The highest BCUT2D eigenvalue weighted by molar-refractivity contribution is 6.12. The highest BCUT2D eigenvalue weighted by atomic mass is 16.6. The summed E-state index contributed by atoms with van der Waals surface area (Å²) < 4.78 is 0. The number of rotatable bonds is 12. The first-order valence-corrected chi connectivity index (χ1v) is 11.1. The van der Waals surface area contributed by atoms with Crippen molar-refractivity contribution in [2.24, 2.45) is 10.3 Å². The number of carboxylic acid groups (broad SMARTS) is 1. The summed E-state index contributed by atoms with van der Waals surface area (Å²) in [5.41, 5.74) is 13.2. The van der Waals surface area contributed by atoms with E-state index in [1.54, 1.807) is 7.05 Å². The third-order valence-corrected chi connectivity index (χ3v) is 5.49. The lowest BCUT2D eigenvalue weighted by Crippen LogP contribution is -2.18. The number of oxime groups is 1. The molecule has 0 aliphatic heterocycles. The number of allylic oxidation sites excluding steroid dienone is 1. The Hall–Kier alpha value is -4.46. The molecule has 0 aliphatic carbocycles. The molecule has 1 unspecified atom stereocenters. The Labute approximate surface area is 204 Å². The van der Waals surface area contributed by atoms with Crippen LogP contribution < -0.4 is 10.6 Å². The van der Waals surface area contributed by atoms with Crippen LogP contribution in [0.2, 0.25) is 0 Å². The van der Waals surface area contributed by atoms with E-state index in [9.17, 15) is 9.90 Å². The molecule has 3 aromatic rings. The molecule has 35 heavy (non-hydrogen) atoms. The number of carboxylic acids is 1. The van der Waals surface area contributed by atoms with Crippen molar-refractivity contribution in [3.8, 4) is 0 Å². The molecule has 0 bridgehead atoms. The third-order valence-electron chi connectivity index (χ3n) is 5.49. The molecular weight excluding hydrogens is 442 g/mol. The van der Waals surface area contributed by atoms with Crippen molar-refractivity contribution in [3.05, 3.63) is 113 Å². The molecule has 0 spiro atoms. The zero-order chi connectivity index (χ0) is 25.0. The molecule has 4 N–H and O–H groups in total. The lowest BCUT2D eigenvalue weighted by Gasteiger charge is -2.19. The fourth-order valence-corrected chi connectivity index (χ4v) is 3.81. The minimum Gasteiger partial charge on any atom is -0.481 e. The van der Waals surface area contributed by atoms with Gasteiger partial charge in [0.2, 0.25) is 0 Å². The van der Waals surface area contributed by atoms with Gasteiger partial charge in [-0.05, 0) is 29.3 Å². The average Bonchev–Trinajstić information content (AvgIpc) is 2.89. The molecular formula is C27H29N5O3. The van der Waals surface area contributed by atoms with E-state index in [-0.39, 0.29) is 6.42 Å². The minimum atomic E-state index is -0.921. The van der Waals surface area contributed by atoms with Gasteiger partial charge < -0.3 is 20.6 Å². The molecule has 1 atom stereocenters. The summed E-state index contributed by atoms with van der Waals surface area (Å²) in [5.74, 6) is -1.34. The van der Waals surface area contributed by atoms with E-state index in [1.165, 1.54) is 13.3 Å². The molecule has 0 saturated heterocycles. The Balaban J connectivity index is 1.75. The first-order chi connectivity index (χ1) is 17.0. The maximum absolute atomic E-state index is 11.4. The van der Waals surface area contributed by atoms with E-state index >= 15 is 0 Å². The topological polar surface area (TPSA) is 119 Å². The fourth-order valence-electron chi connectivity index (χ4n) is 3.81. The smallest absolute Gasteiger partial charge is 0.304 e. The van der Waals surface area contributed by atoms with Crippen molar-refractivity contribution < 1.29 is 14.7 Å². The highest BCUT2D eigenvalue weighted by Crippen LogP contribution is 2.28. The molecule has 8 heteroatoms. The predicted octanol–water partition coefficient (Wildman–Crippen LogP) is 5.35. The van der Waals surface area contributed by atoms with E-state index in [4.69, 9.17) is 10.4 Å². The Morgan fingerprint density at radius 3 is 2.40 bits per heavy atom. The number of nitrogens with one attached hydrogen (secondary N) is 3. The molecule has 0 heterocycles. The van der Waals surface area contributed by atoms with Gasteiger partial charge in [0, 0.05) is 42.0 Å². The number of likely N-dealkylation sites (N-methyl/N-ethyl adjacent to an activating group) is 1. The first-order valence-electron chi connectivity index (χ1n) is 11.1. The molecule has 180 valence electrons. The number of hydrogen-bond acceptors (Lipinski definition) is 7. The van der Waals surface area contributed by atoms with Crippen LogP contribution in [0.3, 0.4) is 0 Å². The van der Waals surface area contributed by atoms with Crippen molar-refractivity contribution in [1.82, 2.24) is 5.32 Å². The summed E-state index contributed by atoms with van der Waals surface area (Å²) in [6.45, 7) is 0.597. The summed E-state index contributed by atoms with van der Waals surface area (Å²) in [5, 5.41) is 23.2. The van der Waals surface area contributed by atoms with Crippen molar-refractivity contribution in [2.45, 2.75) is 18.9 Å². The second-order valence-corrected chi connectivity index (χ2v) is 7.78. The number of hydrogen-bond donors (Lipinski definition) is 4. The maximum Gasteiger partial charge on any atom is 0.304 e. The monoisotopic (exact) mass is 471 g/mol. The maximum atomic E-state index is 11.4. The van der Waals surface area contributed by atoms with Gasteiger partial charge in [-0.25, -0.2) is 5.53 Å². The summed E-state index contributed by atoms with van der Waals surface area (Å²) in [6.07, 6.45) is 1.23. The van der Waals surface area contributed by atoms with Crippen LogP contribution >= 0.6 is 0 Å². The molecule has 0 radical (unpaired) electrons. The van der Waals surface area contributed by atoms with Crippen molar-refractivity contribution >= 4 is 17.4 Å². The number of aliphatic carboxylic acids is 1. The van der Waals surface area contributed by atoms with E-state index in [1.807, 2.05) is 72.8 Å². The normalized spacial score (nSPS) is 12.5. The van der Waals surface area contributed by atoms with Crippen LogP contribution in [0, 0.1) is 5.53 Å². The quantitative estimate of drug-likeness (QED) is 0.161. The molecule has 8 nitrogen and oxygen atoms in total. The van der Waals surface area contributed by atoms with E-state index < -0.39 is 11.9 Å². The molecule has 0 amide bonds. The molecule has 3 rings (SSSR count). The van der Waals surface area contributed by atoms with Gasteiger partial charge in [0.05, 0.1) is 12.6 Å². The zero-order valence-electron chi connectivity index (χ0n) is 19.7. The summed E-state index contributed by atoms with van der Waals surface area (Å²) in [4.78, 5) is 16.5. The van der Waals surface area contributed by atoms with Crippen molar-refractivity contribution in [3.63, 3.8) is 0 Å². The van der Waals surface area contributed by atoms with E-state index in [0.29, 0.717) is 12.2 Å². The molecule has 0 aromatic heterocycles. The number of carbonyl (C=O) groups is 1. The van der Waals surface area contributed by atoms with Crippen LogP contribution in [0.4, 0.5) is 5.69 Å². The molecule has 3 aromatic carbocycles. The highest BCUT2D eigenvalue weighted by Gasteiger charge is 2.20. The number of nitrogens with zero attached hydrogens (tertiary/aromatic N) is 2. The Bertz CT molecular complexity index is 1190. The molecule has 0 fully saturated rings. The SMILES string of the molecule is CN/C(=C\N=N)C(CC(=O)O)c1ccc(NCc2cccc(/C(=N\OC)c3ccccc3)c2)cc1. The van der Waals surface area contributed by atoms with Gasteiger partial charge in [0.1, 0.15) is 12.8 Å². The molecule has 0 saturated carbocycles. The Morgan fingerprint density at radius 2 is 1.77 bits per heavy atom. The van der Waals surface area contributed by atoms with Crippen LogP contribution in [0.5, 0.6) is 0 Å². The van der Waals surface area contributed by atoms with Crippen molar-refractivity contribution in [2.75, 3.05) is 19.5 Å². The lowest BCUT2D eigenvalue weighted by atomic mass is 9.92. The first kappa shape index (κ1) is 25.2. The second kappa shape index (κ2) is 12.7. The van der Waals surface area contributed by atoms with Crippen LogP contribution in [0.15, 0.2) is 101 Å². The summed E-state index contributed by atoms with van der Waals surface area (Å²) in [7, 11) is 3.23. The average molecular weight is 472 g/mol. The van der Waals surface area contributed by atoms with E-state index in [2.05, 4.69) is 27.0 Å². The van der Waals surface area contributed by atoms with Gasteiger partial charge in [-0.15, -0.1) is 0 Å². The largest absolute Gasteiger partial charge is 0.481 e. The van der Waals surface area contributed by atoms with Crippen LogP contribution in [0.25, 0.3) is 0 Å². The third kappa shape index (κ3) is 7.01. The van der Waals surface area contributed by atoms with Crippen molar-refractivity contribution in [1.29, 1.82) is 5.53 Å². The zero-order valence-corrected chi connectivity index (χ0v) is 19.7. The summed E-state index contributed by atoms with van der Waals surface area (Å²) >= 11 is 0. The van der Waals surface area contributed by atoms with Gasteiger partial charge in [-0.2, -0.15) is 5.11 Å². The Kier molecular flexibility index (Phi) is 9.13. The predicted molar refractivity (Wildman–Crippen MR) is 137 cm³/mol. The molecule has 0 aliphatic rings. The second-order valence-electron chi connectivity index (χ2n) is 7.78. The van der Waals surface area contributed by atoms with Gasteiger partial charge >= 0.3 is 5.97 Å². The van der Waals surface area contributed by atoms with Crippen LogP contribution in [0.1, 0.15) is 34.6 Å². The number of anilines is 1. The lowest BCUT2D eigenvalue weighted by molar-refractivity contribution is -0.137. The van der Waals surface area contributed by atoms with E-state index in [0.717, 1.165) is 33.7 Å².